The minimum absolute atomic E-state index is 0.00467. The third kappa shape index (κ3) is 3.69. The van der Waals surface area contributed by atoms with Gasteiger partial charge in [0, 0.05) is 6.07 Å². The van der Waals surface area contributed by atoms with E-state index < -0.39 is 39.8 Å². The van der Waals surface area contributed by atoms with E-state index in [1.54, 1.807) is 0 Å². The summed E-state index contributed by atoms with van der Waals surface area (Å²) in [6.07, 6.45) is 0.911. The van der Waals surface area contributed by atoms with Crippen LogP contribution in [0.5, 0.6) is 11.5 Å². The van der Waals surface area contributed by atoms with Gasteiger partial charge in [0.2, 0.25) is 22.7 Å². The second-order valence-corrected chi connectivity index (χ2v) is 7.36. The van der Waals surface area contributed by atoms with Crippen molar-refractivity contribution in [2.45, 2.75) is 0 Å². The number of anilines is 2. The highest BCUT2D eigenvalue weighted by atomic mass is 32.2. The van der Waals surface area contributed by atoms with Crippen LogP contribution in [-0.2, 0) is 14.8 Å². The Kier molecular flexibility index (Phi) is 4.68. The number of amides is 1. The molecule has 3 rings (SSSR count). The number of ether oxygens (including phenoxy) is 2. The summed E-state index contributed by atoms with van der Waals surface area (Å²) in [5.74, 6) is -2.06. The number of nitrogens with zero attached hydrogens (tertiary/aromatic N) is 1. The maximum atomic E-state index is 13.6. The Morgan fingerprint density at radius 2 is 1.81 bits per heavy atom. The fraction of sp³-hybridized carbons (Fsp3) is 0.188. The largest absolute Gasteiger partial charge is 0.454 e. The van der Waals surface area contributed by atoms with Crippen LogP contribution in [0.25, 0.3) is 0 Å². The lowest BCUT2D eigenvalue weighted by Crippen LogP contribution is -2.37. The number of sulfonamides is 1. The van der Waals surface area contributed by atoms with Gasteiger partial charge in [-0.1, -0.05) is 6.07 Å². The van der Waals surface area contributed by atoms with Gasteiger partial charge in [0.05, 0.1) is 11.9 Å². The maximum Gasteiger partial charge on any atom is 0.245 e. The van der Waals surface area contributed by atoms with E-state index in [1.807, 2.05) is 0 Å². The normalized spacial score (nSPS) is 12.7. The Morgan fingerprint density at radius 3 is 2.46 bits per heavy atom. The van der Waals surface area contributed by atoms with Gasteiger partial charge in [-0.15, -0.1) is 0 Å². The maximum absolute atomic E-state index is 13.6. The smallest absolute Gasteiger partial charge is 0.245 e. The van der Waals surface area contributed by atoms with Crippen LogP contribution in [0.4, 0.5) is 20.2 Å². The molecule has 0 atom stereocenters. The van der Waals surface area contributed by atoms with Gasteiger partial charge >= 0.3 is 0 Å². The first-order valence-electron chi connectivity index (χ1n) is 7.37. The van der Waals surface area contributed by atoms with Crippen molar-refractivity contribution < 1.29 is 31.5 Å². The van der Waals surface area contributed by atoms with Gasteiger partial charge in [0.1, 0.15) is 23.9 Å². The third-order valence-electron chi connectivity index (χ3n) is 3.56. The molecular weight excluding hydrogens is 370 g/mol. The van der Waals surface area contributed by atoms with Crippen LogP contribution in [-0.4, -0.2) is 33.9 Å². The highest BCUT2D eigenvalue weighted by molar-refractivity contribution is 7.92. The van der Waals surface area contributed by atoms with Crippen molar-refractivity contribution in [2.75, 3.05) is 29.2 Å². The summed E-state index contributed by atoms with van der Waals surface area (Å²) >= 11 is 0. The van der Waals surface area contributed by atoms with E-state index in [0.29, 0.717) is 11.5 Å². The standard InChI is InChI=1S/C16H14F2N2O5S/c1-26(22,23)20(10-5-6-13-14(7-10)25-9-24-13)8-15(21)19-16-11(17)3-2-4-12(16)18/h2-7H,8-9H2,1H3,(H,19,21). The number of benzene rings is 2. The molecule has 0 saturated carbocycles. The number of fused-ring (bicyclic) bond motifs is 1. The summed E-state index contributed by atoms with van der Waals surface area (Å²) in [5.41, 5.74) is -0.488. The average Bonchev–Trinajstić information content (AvgIpc) is 3.02. The zero-order chi connectivity index (χ0) is 18.9. The van der Waals surface area contributed by atoms with Crippen LogP contribution < -0.4 is 19.1 Å². The SMILES string of the molecule is CS(=O)(=O)N(CC(=O)Nc1c(F)cccc1F)c1ccc2c(c1)OCO2. The molecule has 0 fully saturated rings. The Bertz CT molecular complexity index is 945. The number of hydrogen-bond acceptors (Lipinski definition) is 5. The van der Waals surface area contributed by atoms with E-state index in [2.05, 4.69) is 5.32 Å². The van der Waals surface area contributed by atoms with E-state index in [0.717, 1.165) is 28.8 Å². The van der Waals surface area contributed by atoms with E-state index in [-0.39, 0.29) is 12.5 Å². The molecule has 1 amide bonds. The lowest BCUT2D eigenvalue weighted by atomic mass is 10.2. The fourth-order valence-electron chi connectivity index (χ4n) is 2.37. The highest BCUT2D eigenvalue weighted by Crippen LogP contribution is 2.36. The van der Waals surface area contributed by atoms with Gasteiger partial charge in [-0.25, -0.2) is 17.2 Å². The predicted molar refractivity (Wildman–Crippen MR) is 89.7 cm³/mol. The Hall–Kier alpha value is -2.88. The molecule has 0 radical (unpaired) electrons. The summed E-state index contributed by atoms with van der Waals surface area (Å²) in [6, 6.07) is 7.45. The summed E-state index contributed by atoms with van der Waals surface area (Å²) < 4.78 is 62.6. The average molecular weight is 384 g/mol. The molecule has 0 spiro atoms. The van der Waals surface area contributed by atoms with Crippen LogP contribution in [0.15, 0.2) is 36.4 Å². The van der Waals surface area contributed by atoms with E-state index in [4.69, 9.17) is 9.47 Å². The van der Waals surface area contributed by atoms with Crippen LogP contribution >= 0.6 is 0 Å². The molecule has 26 heavy (non-hydrogen) atoms. The van der Waals surface area contributed by atoms with Crippen molar-refractivity contribution in [1.82, 2.24) is 0 Å². The highest BCUT2D eigenvalue weighted by Gasteiger charge is 2.24. The molecule has 0 unspecified atom stereocenters. The number of para-hydroxylation sites is 1. The van der Waals surface area contributed by atoms with Gasteiger partial charge < -0.3 is 14.8 Å². The summed E-state index contributed by atoms with van der Waals surface area (Å²) in [5, 5.41) is 2.05. The fourth-order valence-corrected chi connectivity index (χ4v) is 3.22. The lowest BCUT2D eigenvalue weighted by molar-refractivity contribution is -0.114. The van der Waals surface area contributed by atoms with Crippen molar-refractivity contribution in [3.05, 3.63) is 48.0 Å². The molecule has 0 aliphatic carbocycles. The molecular formula is C16H14F2N2O5S. The number of carbonyl (C=O) groups is 1. The molecule has 0 saturated heterocycles. The zero-order valence-electron chi connectivity index (χ0n) is 13.5. The van der Waals surface area contributed by atoms with Crippen molar-refractivity contribution in [2.24, 2.45) is 0 Å². The Labute approximate surface area is 148 Å². The predicted octanol–water partition coefficient (Wildman–Crippen LogP) is 2.10. The molecule has 1 N–H and O–H groups in total. The number of nitrogens with one attached hydrogen (secondary N) is 1. The van der Waals surface area contributed by atoms with Crippen molar-refractivity contribution in [3.63, 3.8) is 0 Å². The van der Waals surface area contributed by atoms with Crippen molar-refractivity contribution in [1.29, 1.82) is 0 Å². The van der Waals surface area contributed by atoms with Crippen molar-refractivity contribution >= 4 is 27.3 Å². The molecule has 0 bridgehead atoms. The first kappa shape index (κ1) is 17.9. The second-order valence-electron chi connectivity index (χ2n) is 5.45. The molecule has 138 valence electrons. The summed E-state index contributed by atoms with van der Waals surface area (Å²) in [4.78, 5) is 12.2. The first-order valence-corrected chi connectivity index (χ1v) is 9.22. The number of hydrogen-bond donors (Lipinski definition) is 1. The quantitative estimate of drug-likeness (QED) is 0.853. The molecule has 0 aromatic heterocycles. The monoisotopic (exact) mass is 384 g/mol. The minimum atomic E-state index is -3.85. The van der Waals surface area contributed by atoms with Crippen LogP contribution in [0.2, 0.25) is 0 Å². The van der Waals surface area contributed by atoms with Gasteiger partial charge in [0.25, 0.3) is 0 Å². The number of carbonyl (C=O) groups excluding carboxylic acids is 1. The van der Waals surface area contributed by atoms with Crippen LogP contribution in [0.1, 0.15) is 0 Å². The molecule has 10 heteroatoms. The molecule has 1 aliphatic heterocycles. The Balaban J connectivity index is 1.84. The summed E-state index contributed by atoms with van der Waals surface area (Å²) in [7, 11) is -3.85. The molecule has 2 aromatic carbocycles. The van der Waals surface area contributed by atoms with E-state index >= 15 is 0 Å². The number of rotatable bonds is 5. The number of halogens is 2. The first-order chi connectivity index (χ1) is 12.3. The minimum Gasteiger partial charge on any atom is -0.454 e. The van der Waals surface area contributed by atoms with Gasteiger partial charge in [-0.2, -0.15) is 0 Å². The summed E-state index contributed by atoms with van der Waals surface area (Å²) in [6.45, 7) is -0.670. The van der Waals surface area contributed by atoms with E-state index in [1.165, 1.54) is 18.2 Å². The van der Waals surface area contributed by atoms with Crippen LogP contribution in [0.3, 0.4) is 0 Å². The molecule has 7 nitrogen and oxygen atoms in total. The topological polar surface area (TPSA) is 84.9 Å². The van der Waals surface area contributed by atoms with Gasteiger partial charge in [-0.3, -0.25) is 9.10 Å². The van der Waals surface area contributed by atoms with Crippen LogP contribution in [0, 0.1) is 11.6 Å². The van der Waals surface area contributed by atoms with Crippen molar-refractivity contribution in [3.8, 4) is 11.5 Å². The van der Waals surface area contributed by atoms with Gasteiger partial charge in [0.15, 0.2) is 11.5 Å². The van der Waals surface area contributed by atoms with E-state index in [9.17, 15) is 22.0 Å². The Morgan fingerprint density at radius 1 is 1.15 bits per heavy atom. The molecule has 2 aromatic rings. The molecule has 1 heterocycles. The second kappa shape index (κ2) is 6.79. The third-order valence-corrected chi connectivity index (χ3v) is 4.70. The zero-order valence-corrected chi connectivity index (χ0v) is 14.3. The van der Waals surface area contributed by atoms with Gasteiger partial charge in [-0.05, 0) is 24.3 Å². The molecule has 1 aliphatic rings. The lowest BCUT2D eigenvalue weighted by Gasteiger charge is -2.22.